The minimum absolute atomic E-state index is 0.411. The Labute approximate surface area is 110 Å². The molecule has 0 bridgehead atoms. The predicted molar refractivity (Wildman–Crippen MR) is 74.7 cm³/mol. The predicted octanol–water partition coefficient (Wildman–Crippen LogP) is 2.34. The van der Waals surface area contributed by atoms with Gasteiger partial charge in [-0.25, -0.2) is 4.98 Å². The van der Waals surface area contributed by atoms with Gasteiger partial charge in [0.25, 0.3) is 0 Å². The molecular weight excluding hydrogens is 238 g/mol. The second-order valence-electron chi connectivity index (χ2n) is 4.46. The number of benzene rings is 1. The summed E-state index contributed by atoms with van der Waals surface area (Å²) in [5.74, 6) is -0.411. The Morgan fingerprint density at radius 1 is 1.16 bits per heavy atom. The van der Waals surface area contributed by atoms with Gasteiger partial charge < -0.3 is 10.3 Å². The second kappa shape index (κ2) is 4.24. The highest BCUT2D eigenvalue weighted by molar-refractivity contribution is 5.96. The van der Waals surface area contributed by atoms with E-state index in [1.54, 1.807) is 18.3 Å². The lowest BCUT2D eigenvalue weighted by Gasteiger charge is -2.05. The van der Waals surface area contributed by atoms with Gasteiger partial charge in [-0.1, -0.05) is 12.1 Å². The van der Waals surface area contributed by atoms with Crippen LogP contribution in [-0.4, -0.2) is 15.5 Å². The first-order valence-electron chi connectivity index (χ1n) is 5.97. The van der Waals surface area contributed by atoms with Gasteiger partial charge >= 0.3 is 0 Å². The van der Waals surface area contributed by atoms with Crippen LogP contribution in [0.1, 0.15) is 10.4 Å². The van der Waals surface area contributed by atoms with Gasteiger partial charge in [0.15, 0.2) is 0 Å². The Morgan fingerprint density at radius 3 is 2.58 bits per heavy atom. The highest BCUT2D eigenvalue weighted by Gasteiger charge is 2.07. The molecule has 2 N–H and O–H groups in total. The minimum atomic E-state index is -0.411. The number of carbonyl (C=O) groups excluding carboxylic acids is 1. The Bertz CT molecular complexity index is 757. The Kier molecular flexibility index (Phi) is 2.56. The van der Waals surface area contributed by atoms with Gasteiger partial charge in [-0.3, -0.25) is 4.79 Å². The number of aromatic nitrogens is 2. The molecule has 4 nitrogen and oxygen atoms in total. The van der Waals surface area contributed by atoms with E-state index >= 15 is 0 Å². The molecule has 1 aromatic carbocycles. The average Bonchev–Trinajstić information content (AvgIpc) is 2.81. The number of pyridine rings is 1. The van der Waals surface area contributed by atoms with Crippen molar-refractivity contribution in [1.82, 2.24) is 9.55 Å². The lowest BCUT2D eigenvalue weighted by Crippen LogP contribution is -2.10. The molecular formula is C15H13N3O. The van der Waals surface area contributed by atoms with Crippen LogP contribution in [0.2, 0.25) is 0 Å². The number of hydrogen-bond donors (Lipinski definition) is 1. The number of rotatable bonds is 2. The van der Waals surface area contributed by atoms with Gasteiger partial charge in [0.1, 0.15) is 5.65 Å². The second-order valence-corrected chi connectivity index (χ2v) is 4.46. The maximum Gasteiger partial charge on any atom is 0.248 e. The summed E-state index contributed by atoms with van der Waals surface area (Å²) in [7, 11) is 1.97. The number of carbonyl (C=O) groups is 1. The molecule has 0 fully saturated rings. The molecule has 0 saturated heterocycles. The summed E-state index contributed by atoms with van der Waals surface area (Å²) >= 11 is 0. The zero-order valence-electron chi connectivity index (χ0n) is 10.5. The summed E-state index contributed by atoms with van der Waals surface area (Å²) in [4.78, 5) is 15.4. The molecule has 0 aliphatic rings. The third-order valence-electron chi connectivity index (χ3n) is 3.25. The van der Waals surface area contributed by atoms with Crippen molar-refractivity contribution in [2.24, 2.45) is 12.8 Å². The van der Waals surface area contributed by atoms with Gasteiger partial charge in [0.2, 0.25) is 5.91 Å². The van der Waals surface area contributed by atoms with E-state index in [0.29, 0.717) is 5.56 Å². The number of amides is 1. The number of nitrogens with two attached hydrogens (primary N) is 1. The van der Waals surface area contributed by atoms with Crippen LogP contribution < -0.4 is 5.73 Å². The number of nitrogens with zero attached hydrogens (tertiary/aromatic N) is 2. The monoisotopic (exact) mass is 251 g/mol. The van der Waals surface area contributed by atoms with Gasteiger partial charge in [-0.05, 0) is 35.4 Å². The maximum atomic E-state index is 11.1. The largest absolute Gasteiger partial charge is 0.366 e. The number of primary amides is 1. The van der Waals surface area contributed by atoms with E-state index in [1.807, 2.05) is 42.1 Å². The fourth-order valence-electron chi connectivity index (χ4n) is 2.23. The standard InChI is InChI=1S/C15H13N3O/c1-18-9-7-13-12(6-8-17-15(13)18)10-2-4-11(5-3-10)14(16)19/h2-9H,1H3,(H2,16,19). The molecule has 4 heteroatoms. The molecule has 0 spiro atoms. The molecule has 3 aromatic rings. The molecule has 0 radical (unpaired) electrons. The van der Waals surface area contributed by atoms with Gasteiger partial charge in [0, 0.05) is 30.4 Å². The van der Waals surface area contributed by atoms with Crippen molar-refractivity contribution in [3.63, 3.8) is 0 Å². The highest BCUT2D eigenvalue weighted by atomic mass is 16.1. The van der Waals surface area contributed by atoms with Gasteiger partial charge in [-0.2, -0.15) is 0 Å². The van der Waals surface area contributed by atoms with Crippen molar-refractivity contribution in [2.45, 2.75) is 0 Å². The summed E-state index contributed by atoms with van der Waals surface area (Å²) < 4.78 is 1.98. The van der Waals surface area contributed by atoms with Crippen molar-refractivity contribution in [1.29, 1.82) is 0 Å². The zero-order chi connectivity index (χ0) is 13.4. The third-order valence-corrected chi connectivity index (χ3v) is 3.25. The quantitative estimate of drug-likeness (QED) is 0.760. The van der Waals surface area contributed by atoms with Crippen LogP contribution in [-0.2, 0) is 7.05 Å². The lowest BCUT2D eigenvalue weighted by atomic mass is 10.0. The average molecular weight is 251 g/mol. The fraction of sp³-hybridized carbons (Fsp3) is 0.0667. The zero-order valence-corrected chi connectivity index (χ0v) is 10.5. The highest BCUT2D eigenvalue weighted by Crippen LogP contribution is 2.27. The van der Waals surface area contributed by atoms with Crippen LogP contribution in [0, 0.1) is 0 Å². The first-order chi connectivity index (χ1) is 9.16. The normalized spacial score (nSPS) is 10.8. The van der Waals surface area contributed by atoms with Crippen molar-refractivity contribution >= 4 is 16.9 Å². The molecule has 0 aliphatic carbocycles. The Balaban J connectivity index is 2.16. The molecule has 0 saturated carbocycles. The molecule has 0 aliphatic heterocycles. The topological polar surface area (TPSA) is 60.9 Å². The van der Waals surface area contributed by atoms with Crippen LogP contribution >= 0.6 is 0 Å². The van der Waals surface area contributed by atoms with Crippen LogP contribution in [0.5, 0.6) is 0 Å². The van der Waals surface area contributed by atoms with Crippen LogP contribution in [0.15, 0.2) is 48.8 Å². The van der Waals surface area contributed by atoms with Crippen molar-refractivity contribution in [3.8, 4) is 11.1 Å². The number of aryl methyl sites for hydroxylation is 1. The summed E-state index contributed by atoms with van der Waals surface area (Å²) in [5, 5.41) is 1.09. The summed E-state index contributed by atoms with van der Waals surface area (Å²) in [6, 6.07) is 11.3. The van der Waals surface area contributed by atoms with E-state index in [0.717, 1.165) is 22.2 Å². The first kappa shape index (κ1) is 11.5. The minimum Gasteiger partial charge on any atom is -0.366 e. The van der Waals surface area contributed by atoms with E-state index < -0.39 is 5.91 Å². The summed E-state index contributed by atoms with van der Waals surface area (Å²) in [5.41, 5.74) is 8.84. The SMILES string of the molecule is Cn1ccc2c(-c3ccc(C(N)=O)cc3)ccnc21. The van der Waals surface area contributed by atoms with Gasteiger partial charge in [-0.15, -0.1) is 0 Å². The van der Waals surface area contributed by atoms with E-state index in [2.05, 4.69) is 4.98 Å². The van der Waals surface area contributed by atoms with E-state index in [9.17, 15) is 4.79 Å². The van der Waals surface area contributed by atoms with Gasteiger partial charge in [0.05, 0.1) is 0 Å². The van der Waals surface area contributed by atoms with Crippen molar-refractivity contribution in [2.75, 3.05) is 0 Å². The van der Waals surface area contributed by atoms with E-state index in [1.165, 1.54) is 0 Å². The van der Waals surface area contributed by atoms with Crippen molar-refractivity contribution in [3.05, 3.63) is 54.4 Å². The molecule has 2 heterocycles. The van der Waals surface area contributed by atoms with Crippen LogP contribution in [0.4, 0.5) is 0 Å². The van der Waals surface area contributed by atoms with Crippen LogP contribution in [0.3, 0.4) is 0 Å². The molecule has 0 unspecified atom stereocenters. The lowest BCUT2D eigenvalue weighted by molar-refractivity contribution is 0.100. The molecule has 19 heavy (non-hydrogen) atoms. The van der Waals surface area contributed by atoms with Crippen LogP contribution in [0.25, 0.3) is 22.2 Å². The molecule has 2 aromatic heterocycles. The summed E-state index contributed by atoms with van der Waals surface area (Å²) in [6.45, 7) is 0. The third kappa shape index (κ3) is 1.87. The van der Waals surface area contributed by atoms with Crippen molar-refractivity contribution < 1.29 is 4.79 Å². The smallest absolute Gasteiger partial charge is 0.248 e. The Hall–Kier alpha value is -2.62. The Morgan fingerprint density at radius 2 is 1.89 bits per heavy atom. The molecule has 0 atom stereocenters. The van der Waals surface area contributed by atoms with E-state index in [4.69, 9.17) is 5.73 Å². The molecule has 1 amide bonds. The fourth-order valence-corrected chi connectivity index (χ4v) is 2.23. The maximum absolute atomic E-state index is 11.1. The number of hydrogen-bond acceptors (Lipinski definition) is 2. The number of fused-ring (bicyclic) bond motifs is 1. The summed E-state index contributed by atoms with van der Waals surface area (Å²) in [6.07, 6.45) is 3.78. The van der Waals surface area contributed by atoms with E-state index in [-0.39, 0.29) is 0 Å². The molecule has 3 rings (SSSR count). The molecule has 94 valence electrons. The first-order valence-corrected chi connectivity index (χ1v) is 5.97.